The summed E-state index contributed by atoms with van der Waals surface area (Å²) in [7, 11) is 0. The highest BCUT2D eigenvalue weighted by Gasteiger charge is 2.25. The van der Waals surface area contributed by atoms with E-state index in [4.69, 9.17) is 11.6 Å². The zero-order valence-electron chi connectivity index (χ0n) is 23.1. The molecular weight excluding hydrogens is 520 g/mol. The maximum Gasteiger partial charge on any atom is 0.306 e. The zero-order chi connectivity index (χ0) is 27.8. The van der Waals surface area contributed by atoms with E-state index in [1.54, 1.807) is 4.90 Å². The monoisotopic (exact) mass is 558 g/mol. The first kappa shape index (κ1) is 30.0. The van der Waals surface area contributed by atoms with E-state index in [0.717, 1.165) is 42.2 Å². The summed E-state index contributed by atoms with van der Waals surface area (Å²) in [5.74, 6) is -0.948. The molecule has 0 saturated carbocycles. The smallest absolute Gasteiger partial charge is 0.306 e. The van der Waals surface area contributed by atoms with Gasteiger partial charge in [-0.15, -0.1) is 10.2 Å². The number of piperidine rings is 1. The molecule has 0 atom stereocenters. The van der Waals surface area contributed by atoms with Crippen LogP contribution in [0, 0.1) is 19.8 Å². The Kier molecular flexibility index (Phi) is 11.1. The van der Waals surface area contributed by atoms with Crippen molar-refractivity contribution < 1.29 is 14.7 Å². The lowest BCUT2D eigenvalue weighted by molar-refractivity contribution is -0.143. The van der Waals surface area contributed by atoms with Crippen molar-refractivity contribution in [2.24, 2.45) is 5.92 Å². The minimum atomic E-state index is -0.684. The molecule has 0 spiro atoms. The predicted molar refractivity (Wildman–Crippen MR) is 156 cm³/mol. The Hall–Kier alpha value is -2.55. The number of hydrogen-bond donors (Lipinski definition) is 1. The van der Waals surface area contributed by atoms with Crippen LogP contribution in [-0.4, -0.2) is 51.7 Å². The third kappa shape index (κ3) is 7.52. The minimum absolute atomic E-state index is 0.0383. The molecule has 9 heteroatoms. The first-order valence-electron chi connectivity index (χ1n) is 13.4. The molecule has 206 valence electrons. The van der Waals surface area contributed by atoms with Gasteiger partial charge in [0, 0.05) is 23.7 Å². The summed E-state index contributed by atoms with van der Waals surface area (Å²) in [5.41, 5.74) is 5.44. The van der Waals surface area contributed by atoms with Gasteiger partial charge in [0.2, 0.25) is 11.0 Å². The molecule has 3 rings (SSSR count). The second-order valence-electron chi connectivity index (χ2n) is 9.87. The van der Waals surface area contributed by atoms with E-state index in [1.165, 1.54) is 28.0 Å². The van der Waals surface area contributed by atoms with Crippen LogP contribution in [0.3, 0.4) is 0 Å². The summed E-state index contributed by atoms with van der Waals surface area (Å²) in [6.07, 6.45) is 6.91. The quantitative estimate of drug-likeness (QED) is 0.308. The van der Waals surface area contributed by atoms with Crippen LogP contribution in [0.25, 0.3) is 10.6 Å². The fourth-order valence-corrected chi connectivity index (χ4v) is 5.86. The molecule has 0 aliphatic carbocycles. The number of carbonyl (C=O) groups is 2. The fraction of sp³-hybridized carbons (Fsp3) is 0.517. The van der Waals surface area contributed by atoms with Crippen LogP contribution < -0.4 is 4.90 Å². The molecule has 0 unspecified atom stereocenters. The number of rotatable bonds is 11. The molecule has 2 heterocycles. The number of aliphatic carboxylic acids is 1. The number of benzene rings is 1. The molecule has 1 fully saturated rings. The Balaban J connectivity index is 1.78. The van der Waals surface area contributed by atoms with Gasteiger partial charge in [-0.3, -0.25) is 19.4 Å². The van der Waals surface area contributed by atoms with Crippen molar-refractivity contribution in [3.8, 4) is 10.6 Å². The van der Waals surface area contributed by atoms with E-state index in [2.05, 4.69) is 41.1 Å². The summed E-state index contributed by atoms with van der Waals surface area (Å²) in [5, 5.41) is 20.2. The van der Waals surface area contributed by atoms with Crippen LogP contribution in [0.4, 0.5) is 5.13 Å². The van der Waals surface area contributed by atoms with Crippen molar-refractivity contribution in [1.82, 2.24) is 15.1 Å². The second kappa shape index (κ2) is 14.0. The normalized spacial score (nSPS) is 15.6. The molecule has 0 bridgehead atoms. The van der Waals surface area contributed by atoms with Crippen LogP contribution in [0.1, 0.15) is 69.6 Å². The van der Waals surface area contributed by atoms with E-state index in [0.29, 0.717) is 36.0 Å². The predicted octanol–water partition coefficient (Wildman–Crippen LogP) is 6.73. The Labute approximate surface area is 235 Å². The summed E-state index contributed by atoms with van der Waals surface area (Å²) >= 11 is 7.82. The fourth-order valence-electron chi connectivity index (χ4n) is 4.85. The SMILES string of the molecule is CC=CC(CC(=O)N(CCC)c1nnc(-c2cc(C)c(CN3CCC(C(=O)O)CC3)c(C)c2)s1)=C(Cl)CC. The molecule has 1 amide bonds. The lowest BCUT2D eigenvalue weighted by atomic mass is 9.95. The molecular formula is C29H39ClN4O3S. The molecule has 7 nitrogen and oxygen atoms in total. The summed E-state index contributed by atoms with van der Waals surface area (Å²) in [4.78, 5) is 28.6. The third-order valence-electron chi connectivity index (χ3n) is 7.02. The Bertz CT molecular complexity index is 1180. The number of hydrogen-bond acceptors (Lipinski definition) is 6. The Morgan fingerprint density at radius 1 is 1.18 bits per heavy atom. The molecule has 2 aromatic rings. The second-order valence-corrected chi connectivity index (χ2v) is 11.3. The molecule has 1 saturated heterocycles. The molecule has 1 N–H and O–H groups in total. The number of halogens is 1. The highest BCUT2D eigenvalue weighted by Crippen LogP contribution is 2.33. The molecule has 1 aromatic heterocycles. The lowest BCUT2D eigenvalue weighted by Gasteiger charge is -2.31. The van der Waals surface area contributed by atoms with Crippen molar-refractivity contribution in [1.29, 1.82) is 0 Å². The number of allylic oxidation sites excluding steroid dienone is 3. The highest BCUT2D eigenvalue weighted by atomic mass is 35.5. The standard InChI is InChI=1S/C29H39ClN4O3S/c1-6-9-22(25(30)8-3)17-26(35)34(12-7-2)29-32-31-27(38-29)23-15-19(4)24(20(5)16-23)18-33-13-10-21(11-14-33)28(36)37/h6,9,15-16,21H,7-8,10-14,17-18H2,1-5H3,(H,36,37). The number of amides is 1. The van der Waals surface area contributed by atoms with Crippen LogP contribution in [-0.2, 0) is 16.1 Å². The third-order valence-corrected chi connectivity index (χ3v) is 8.53. The van der Waals surface area contributed by atoms with E-state index < -0.39 is 5.97 Å². The number of aryl methyl sites for hydroxylation is 2. The van der Waals surface area contributed by atoms with E-state index in [-0.39, 0.29) is 18.2 Å². The molecule has 0 radical (unpaired) electrons. The van der Waals surface area contributed by atoms with Gasteiger partial charge in [-0.2, -0.15) is 0 Å². The van der Waals surface area contributed by atoms with Crippen molar-refractivity contribution in [2.75, 3.05) is 24.5 Å². The van der Waals surface area contributed by atoms with Gasteiger partial charge in [0.05, 0.1) is 12.3 Å². The van der Waals surface area contributed by atoms with E-state index in [1.807, 2.05) is 32.9 Å². The largest absolute Gasteiger partial charge is 0.481 e. The van der Waals surface area contributed by atoms with Gasteiger partial charge in [0.15, 0.2) is 0 Å². The first-order valence-corrected chi connectivity index (χ1v) is 14.6. The van der Waals surface area contributed by atoms with Crippen molar-refractivity contribution in [3.05, 3.63) is 51.6 Å². The number of carboxylic acids is 1. The maximum absolute atomic E-state index is 13.3. The van der Waals surface area contributed by atoms with Gasteiger partial charge in [0.25, 0.3) is 0 Å². The van der Waals surface area contributed by atoms with E-state index in [9.17, 15) is 14.7 Å². The van der Waals surface area contributed by atoms with Gasteiger partial charge in [-0.05, 0) is 93.9 Å². The average molecular weight is 559 g/mol. The number of likely N-dealkylation sites (tertiary alicyclic amines) is 1. The van der Waals surface area contributed by atoms with Gasteiger partial charge in [-0.1, -0.05) is 48.9 Å². The Morgan fingerprint density at radius 3 is 2.39 bits per heavy atom. The summed E-state index contributed by atoms with van der Waals surface area (Å²) < 4.78 is 0. The minimum Gasteiger partial charge on any atom is -0.481 e. The molecule has 38 heavy (non-hydrogen) atoms. The summed E-state index contributed by atoms with van der Waals surface area (Å²) in [6.45, 7) is 13.1. The number of carbonyl (C=O) groups excluding carboxylic acids is 1. The molecule has 1 aliphatic rings. The van der Waals surface area contributed by atoms with Crippen LogP contribution >= 0.6 is 22.9 Å². The number of aromatic nitrogens is 2. The lowest BCUT2D eigenvalue weighted by Crippen LogP contribution is -2.36. The molecule has 1 aliphatic heterocycles. The first-order chi connectivity index (χ1) is 18.2. The Morgan fingerprint density at radius 2 is 1.84 bits per heavy atom. The van der Waals surface area contributed by atoms with Crippen molar-refractivity contribution in [3.63, 3.8) is 0 Å². The molecule has 1 aromatic carbocycles. The highest BCUT2D eigenvalue weighted by molar-refractivity contribution is 7.18. The van der Waals surface area contributed by atoms with Gasteiger partial charge >= 0.3 is 5.97 Å². The summed E-state index contributed by atoms with van der Waals surface area (Å²) in [6, 6.07) is 4.27. The van der Waals surface area contributed by atoms with E-state index >= 15 is 0 Å². The number of nitrogens with zero attached hydrogens (tertiary/aromatic N) is 4. The maximum atomic E-state index is 13.3. The van der Waals surface area contributed by atoms with Gasteiger partial charge in [-0.25, -0.2) is 0 Å². The van der Waals surface area contributed by atoms with Crippen LogP contribution in [0.5, 0.6) is 0 Å². The topological polar surface area (TPSA) is 86.6 Å². The number of anilines is 1. The number of carboxylic acid groups (broad SMARTS) is 1. The van der Waals surface area contributed by atoms with Crippen LogP contribution in [0.2, 0.25) is 0 Å². The van der Waals surface area contributed by atoms with Gasteiger partial charge < -0.3 is 5.11 Å². The average Bonchev–Trinajstić information content (AvgIpc) is 3.38. The zero-order valence-corrected chi connectivity index (χ0v) is 24.7. The van der Waals surface area contributed by atoms with Crippen LogP contribution in [0.15, 0.2) is 34.9 Å². The van der Waals surface area contributed by atoms with Crippen molar-refractivity contribution >= 4 is 39.9 Å². The van der Waals surface area contributed by atoms with Crippen molar-refractivity contribution in [2.45, 2.75) is 73.3 Å². The van der Waals surface area contributed by atoms with Gasteiger partial charge in [0.1, 0.15) is 5.01 Å².